The smallest absolute Gasteiger partial charge is 0.221 e. The van der Waals surface area contributed by atoms with E-state index < -0.39 is 0 Å². The molecular weight excluding hydrogens is 446 g/mol. The maximum absolute atomic E-state index is 11.3. The first-order valence-corrected chi connectivity index (χ1v) is 12.3. The molecule has 1 amide bonds. The normalized spacial score (nSPS) is 17.5. The van der Waals surface area contributed by atoms with Gasteiger partial charge in [0.2, 0.25) is 5.91 Å². The molecule has 2 heterocycles. The summed E-state index contributed by atoms with van der Waals surface area (Å²) in [4.78, 5) is 16.3. The number of amides is 1. The lowest BCUT2D eigenvalue weighted by molar-refractivity contribution is -0.114. The van der Waals surface area contributed by atoms with E-state index >= 15 is 0 Å². The molecule has 0 spiro atoms. The van der Waals surface area contributed by atoms with E-state index in [1.54, 1.807) is 0 Å². The molecule has 5 rings (SSSR count). The van der Waals surface area contributed by atoms with Gasteiger partial charge in [-0.2, -0.15) is 0 Å². The highest BCUT2D eigenvalue weighted by Gasteiger charge is 2.30. The molecule has 2 aliphatic heterocycles. The monoisotopic (exact) mass is 475 g/mol. The van der Waals surface area contributed by atoms with Gasteiger partial charge in [0, 0.05) is 48.0 Å². The average Bonchev–Trinajstić information content (AvgIpc) is 3.22. The molecule has 0 aliphatic carbocycles. The van der Waals surface area contributed by atoms with Gasteiger partial charge in [-0.3, -0.25) is 9.69 Å². The Kier molecular flexibility index (Phi) is 6.75. The summed E-state index contributed by atoms with van der Waals surface area (Å²) in [5.41, 5.74) is 5.52. The van der Waals surface area contributed by atoms with E-state index in [9.17, 15) is 4.79 Å². The van der Waals surface area contributed by atoms with Crippen LogP contribution in [0.15, 0.2) is 66.7 Å². The molecular formula is C28H30ClN3O2. The Balaban J connectivity index is 1.32. The quantitative estimate of drug-likeness (QED) is 0.472. The molecule has 1 saturated heterocycles. The van der Waals surface area contributed by atoms with Crippen LogP contribution in [0.2, 0.25) is 5.02 Å². The van der Waals surface area contributed by atoms with Crippen molar-refractivity contribution in [1.29, 1.82) is 0 Å². The minimum Gasteiger partial charge on any atom is -0.487 e. The number of hydrogen-bond donors (Lipinski definition) is 1. The fourth-order valence-electron chi connectivity index (χ4n) is 5.03. The second-order valence-corrected chi connectivity index (χ2v) is 9.54. The molecule has 3 aromatic rings. The second-order valence-electron chi connectivity index (χ2n) is 9.10. The molecule has 2 aliphatic rings. The number of fused-ring (bicyclic) bond motifs is 2. The predicted molar refractivity (Wildman–Crippen MR) is 138 cm³/mol. The number of carbonyl (C=O) groups excluding carboxylic acids is 1. The number of carbonyl (C=O) groups is 1. The van der Waals surface area contributed by atoms with Crippen LogP contribution in [-0.2, 0) is 17.8 Å². The Hall–Kier alpha value is -3.02. The Morgan fingerprint density at radius 3 is 2.74 bits per heavy atom. The van der Waals surface area contributed by atoms with Gasteiger partial charge in [0.1, 0.15) is 12.4 Å². The number of halogens is 1. The van der Waals surface area contributed by atoms with Gasteiger partial charge >= 0.3 is 0 Å². The fraction of sp³-hybridized carbons (Fsp3) is 0.321. The topological polar surface area (TPSA) is 44.8 Å². The van der Waals surface area contributed by atoms with E-state index in [0.29, 0.717) is 12.6 Å². The van der Waals surface area contributed by atoms with Crippen molar-refractivity contribution in [2.45, 2.75) is 38.8 Å². The van der Waals surface area contributed by atoms with Crippen molar-refractivity contribution in [3.8, 4) is 5.75 Å². The van der Waals surface area contributed by atoms with Crippen molar-refractivity contribution >= 4 is 34.6 Å². The van der Waals surface area contributed by atoms with Crippen molar-refractivity contribution in [1.82, 2.24) is 4.90 Å². The SMILES string of the molecule is CC(=O)Nc1ccc(CCN2CCCC2CN2c3cc(Cl)ccc3COc3ccccc32)cc1. The molecule has 3 aromatic carbocycles. The van der Waals surface area contributed by atoms with Crippen molar-refractivity contribution in [3.63, 3.8) is 0 Å². The molecule has 1 N–H and O–H groups in total. The van der Waals surface area contributed by atoms with E-state index in [4.69, 9.17) is 16.3 Å². The van der Waals surface area contributed by atoms with E-state index in [1.165, 1.54) is 25.3 Å². The largest absolute Gasteiger partial charge is 0.487 e. The van der Waals surface area contributed by atoms with Gasteiger partial charge < -0.3 is 15.0 Å². The van der Waals surface area contributed by atoms with E-state index in [2.05, 4.69) is 51.5 Å². The summed E-state index contributed by atoms with van der Waals surface area (Å²) in [7, 11) is 0. The van der Waals surface area contributed by atoms with E-state index in [-0.39, 0.29) is 5.91 Å². The fourth-order valence-corrected chi connectivity index (χ4v) is 5.20. The number of nitrogens with zero attached hydrogens (tertiary/aromatic N) is 2. The Morgan fingerprint density at radius 1 is 1.09 bits per heavy atom. The van der Waals surface area contributed by atoms with Crippen LogP contribution in [0.3, 0.4) is 0 Å². The van der Waals surface area contributed by atoms with Crippen LogP contribution in [0, 0.1) is 0 Å². The number of ether oxygens (including phenoxy) is 1. The minimum atomic E-state index is -0.0454. The van der Waals surface area contributed by atoms with Crippen molar-refractivity contribution in [2.24, 2.45) is 0 Å². The highest BCUT2D eigenvalue weighted by atomic mass is 35.5. The number of para-hydroxylation sites is 2. The van der Waals surface area contributed by atoms with Crippen LogP contribution in [0.1, 0.15) is 30.9 Å². The number of rotatable bonds is 6. The molecule has 1 atom stereocenters. The van der Waals surface area contributed by atoms with Gasteiger partial charge in [0.05, 0.1) is 5.69 Å². The third-order valence-electron chi connectivity index (χ3n) is 6.73. The van der Waals surface area contributed by atoms with Crippen molar-refractivity contribution in [3.05, 3.63) is 82.9 Å². The minimum absolute atomic E-state index is 0.0454. The number of anilines is 3. The van der Waals surface area contributed by atoms with Gasteiger partial charge in [0.15, 0.2) is 0 Å². The number of benzene rings is 3. The zero-order valence-corrected chi connectivity index (χ0v) is 20.2. The van der Waals surface area contributed by atoms with Crippen LogP contribution in [0.5, 0.6) is 5.75 Å². The van der Waals surface area contributed by atoms with Crippen LogP contribution < -0.4 is 15.0 Å². The third kappa shape index (κ3) is 5.06. The average molecular weight is 476 g/mol. The van der Waals surface area contributed by atoms with Crippen LogP contribution in [-0.4, -0.2) is 36.5 Å². The molecule has 0 aromatic heterocycles. The Morgan fingerprint density at radius 2 is 1.91 bits per heavy atom. The molecule has 0 saturated carbocycles. The zero-order chi connectivity index (χ0) is 23.5. The highest BCUT2D eigenvalue weighted by molar-refractivity contribution is 6.30. The molecule has 0 bridgehead atoms. The standard InChI is InChI=1S/C28H30ClN3O2/c1-20(33)30-24-12-8-21(9-13-24)14-16-31-15-4-5-25(31)18-32-26-6-2-3-7-28(26)34-19-22-10-11-23(29)17-27(22)32/h2-3,6-13,17,25H,4-5,14-16,18-19H2,1H3,(H,30,33). The second kappa shape index (κ2) is 10.1. The molecule has 1 fully saturated rings. The predicted octanol–water partition coefficient (Wildman–Crippen LogP) is 6.04. The lowest BCUT2D eigenvalue weighted by atomic mass is 10.1. The van der Waals surface area contributed by atoms with Gasteiger partial charge in [0.25, 0.3) is 0 Å². The van der Waals surface area contributed by atoms with Crippen LogP contribution >= 0.6 is 11.6 Å². The molecule has 0 radical (unpaired) electrons. The highest BCUT2D eigenvalue weighted by Crippen LogP contribution is 2.41. The lowest BCUT2D eigenvalue weighted by Crippen LogP contribution is -2.39. The number of nitrogens with one attached hydrogen (secondary N) is 1. The first kappa shape index (κ1) is 22.8. The number of hydrogen-bond acceptors (Lipinski definition) is 4. The first-order valence-electron chi connectivity index (χ1n) is 12.0. The first-order chi connectivity index (χ1) is 16.6. The molecule has 34 heavy (non-hydrogen) atoms. The maximum Gasteiger partial charge on any atom is 0.221 e. The summed E-state index contributed by atoms with van der Waals surface area (Å²) in [6.07, 6.45) is 3.37. The van der Waals surface area contributed by atoms with Crippen molar-refractivity contribution in [2.75, 3.05) is 29.9 Å². The van der Waals surface area contributed by atoms with Crippen molar-refractivity contribution < 1.29 is 9.53 Å². The van der Waals surface area contributed by atoms with Gasteiger partial charge in [-0.25, -0.2) is 0 Å². The molecule has 176 valence electrons. The van der Waals surface area contributed by atoms with Gasteiger partial charge in [-0.15, -0.1) is 0 Å². The molecule has 6 heteroatoms. The molecule has 5 nitrogen and oxygen atoms in total. The Bertz CT molecular complexity index is 1160. The van der Waals surface area contributed by atoms with E-state index in [0.717, 1.165) is 59.5 Å². The summed E-state index contributed by atoms with van der Waals surface area (Å²) < 4.78 is 6.15. The summed E-state index contributed by atoms with van der Waals surface area (Å²) in [5.74, 6) is 0.870. The van der Waals surface area contributed by atoms with Gasteiger partial charge in [-0.1, -0.05) is 41.9 Å². The van der Waals surface area contributed by atoms with E-state index in [1.807, 2.05) is 30.3 Å². The summed E-state index contributed by atoms with van der Waals surface area (Å²) in [6, 6.07) is 23.0. The summed E-state index contributed by atoms with van der Waals surface area (Å²) >= 11 is 6.42. The summed E-state index contributed by atoms with van der Waals surface area (Å²) in [5, 5.41) is 3.58. The zero-order valence-electron chi connectivity index (χ0n) is 19.5. The van der Waals surface area contributed by atoms with Crippen LogP contribution in [0.4, 0.5) is 17.1 Å². The van der Waals surface area contributed by atoms with Gasteiger partial charge in [-0.05, 0) is 67.8 Å². The lowest BCUT2D eigenvalue weighted by Gasteiger charge is -2.33. The summed E-state index contributed by atoms with van der Waals surface area (Å²) in [6.45, 7) is 5.10. The third-order valence-corrected chi connectivity index (χ3v) is 6.97. The Labute approximate surface area is 206 Å². The van der Waals surface area contributed by atoms with Crippen LogP contribution in [0.25, 0.3) is 0 Å². The number of likely N-dealkylation sites (tertiary alicyclic amines) is 1. The molecule has 1 unspecified atom stereocenters. The maximum atomic E-state index is 11.3.